The number of hydrazone groups is 1. The Morgan fingerprint density at radius 1 is 1.14 bits per heavy atom. The molecule has 6 heteroatoms. The number of phenolic OH excluding ortho intramolecular Hbond substituents is 1. The quantitative estimate of drug-likeness (QED) is 0.655. The summed E-state index contributed by atoms with van der Waals surface area (Å²) in [6, 6.07) is 10.5. The van der Waals surface area contributed by atoms with Crippen LogP contribution in [-0.4, -0.2) is 25.5 Å². The van der Waals surface area contributed by atoms with Gasteiger partial charge in [0.25, 0.3) is 0 Å². The average Bonchev–Trinajstić information content (AvgIpc) is 2.48. The molecule has 2 aromatic rings. The number of rotatable bonds is 5. The highest BCUT2D eigenvalue weighted by Gasteiger charge is 2.10. The van der Waals surface area contributed by atoms with Gasteiger partial charge in [0.1, 0.15) is 0 Å². The molecule has 2 rings (SSSR count). The Bertz CT molecular complexity index is 634. The van der Waals surface area contributed by atoms with Crippen molar-refractivity contribution in [2.45, 2.75) is 0 Å². The molecule has 2 aromatic carbocycles. The third-order valence-electron chi connectivity index (χ3n) is 2.73. The number of hydrogen-bond donors (Lipinski definition) is 2. The highest BCUT2D eigenvalue weighted by Crippen LogP contribution is 2.36. The molecule has 5 nitrogen and oxygen atoms in total. The minimum atomic E-state index is -0.0417. The van der Waals surface area contributed by atoms with Crippen molar-refractivity contribution < 1.29 is 14.6 Å². The summed E-state index contributed by atoms with van der Waals surface area (Å²) >= 11 is 5.88. The zero-order valence-corrected chi connectivity index (χ0v) is 12.4. The number of aromatic hydroxyl groups is 1. The number of hydrogen-bond acceptors (Lipinski definition) is 5. The van der Waals surface area contributed by atoms with Crippen LogP contribution in [0.4, 0.5) is 5.69 Å². The number of phenols is 1. The summed E-state index contributed by atoms with van der Waals surface area (Å²) in [6.45, 7) is 0. The molecule has 0 aliphatic carbocycles. The first-order valence-corrected chi connectivity index (χ1v) is 6.51. The van der Waals surface area contributed by atoms with Gasteiger partial charge in [-0.2, -0.15) is 5.10 Å². The van der Waals surface area contributed by atoms with E-state index >= 15 is 0 Å². The third kappa shape index (κ3) is 3.79. The second kappa shape index (κ2) is 6.85. The van der Waals surface area contributed by atoms with E-state index in [1.54, 1.807) is 30.5 Å². The third-order valence-corrected chi connectivity index (χ3v) is 2.97. The molecule has 0 aliphatic heterocycles. The summed E-state index contributed by atoms with van der Waals surface area (Å²) in [7, 11) is 2.94. The summed E-state index contributed by atoms with van der Waals surface area (Å²) in [6.07, 6.45) is 1.59. The fourth-order valence-corrected chi connectivity index (χ4v) is 1.92. The molecule has 0 unspecified atom stereocenters. The smallest absolute Gasteiger partial charge is 0.200 e. The number of benzene rings is 2. The zero-order chi connectivity index (χ0) is 15.2. The van der Waals surface area contributed by atoms with Crippen LogP contribution in [0.25, 0.3) is 0 Å². The molecule has 110 valence electrons. The minimum Gasteiger partial charge on any atom is -0.502 e. The van der Waals surface area contributed by atoms with Crippen LogP contribution in [0.5, 0.6) is 17.2 Å². The molecule has 0 spiro atoms. The van der Waals surface area contributed by atoms with Gasteiger partial charge in [-0.05, 0) is 30.3 Å². The van der Waals surface area contributed by atoms with Crippen molar-refractivity contribution in [3.05, 3.63) is 47.0 Å². The first kappa shape index (κ1) is 15.0. The first-order chi connectivity index (χ1) is 10.1. The highest BCUT2D eigenvalue weighted by molar-refractivity contribution is 6.30. The van der Waals surface area contributed by atoms with Crippen LogP contribution in [0.3, 0.4) is 0 Å². The Kier molecular flexibility index (Phi) is 4.90. The van der Waals surface area contributed by atoms with E-state index in [-0.39, 0.29) is 5.75 Å². The zero-order valence-electron chi connectivity index (χ0n) is 11.6. The predicted molar refractivity (Wildman–Crippen MR) is 83.9 cm³/mol. The lowest BCUT2D eigenvalue weighted by atomic mass is 10.2. The average molecular weight is 307 g/mol. The van der Waals surface area contributed by atoms with Crippen molar-refractivity contribution in [3.8, 4) is 17.2 Å². The maximum absolute atomic E-state index is 9.82. The van der Waals surface area contributed by atoms with Gasteiger partial charge in [-0.25, -0.2) is 0 Å². The van der Waals surface area contributed by atoms with Crippen LogP contribution in [0.2, 0.25) is 5.02 Å². The molecule has 0 atom stereocenters. The lowest BCUT2D eigenvalue weighted by Gasteiger charge is -2.09. The fourth-order valence-electron chi connectivity index (χ4n) is 1.73. The molecule has 0 bridgehead atoms. The maximum Gasteiger partial charge on any atom is 0.200 e. The topological polar surface area (TPSA) is 63.1 Å². The van der Waals surface area contributed by atoms with E-state index in [0.717, 1.165) is 11.3 Å². The lowest BCUT2D eigenvalue weighted by Crippen LogP contribution is -1.94. The van der Waals surface area contributed by atoms with Gasteiger partial charge in [0.05, 0.1) is 26.1 Å². The van der Waals surface area contributed by atoms with Crippen molar-refractivity contribution in [2.75, 3.05) is 19.6 Å². The minimum absolute atomic E-state index is 0.0417. The van der Waals surface area contributed by atoms with E-state index in [0.29, 0.717) is 16.5 Å². The summed E-state index contributed by atoms with van der Waals surface area (Å²) < 4.78 is 10.2. The summed E-state index contributed by atoms with van der Waals surface area (Å²) in [5.41, 5.74) is 4.36. The van der Waals surface area contributed by atoms with E-state index in [1.807, 2.05) is 12.1 Å². The van der Waals surface area contributed by atoms with Crippen molar-refractivity contribution in [1.29, 1.82) is 0 Å². The summed E-state index contributed by atoms with van der Waals surface area (Å²) in [4.78, 5) is 0. The Morgan fingerprint density at radius 3 is 2.38 bits per heavy atom. The molecule has 0 saturated carbocycles. The normalized spacial score (nSPS) is 10.6. The molecule has 0 saturated heterocycles. The molecular weight excluding hydrogens is 292 g/mol. The van der Waals surface area contributed by atoms with Gasteiger partial charge in [-0.1, -0.05) is 17.7 Å². The van der Waals surface area contributed by atoms with Crippen molar-refractivity contribution in [3.63, 3.8) is 0 Å². The van der Waals surface area contributed by atoms with Gasteiger partial charge in [0.15, 0.2) is 11.5 Å². The maximum atomic E-state index is 9.82. The number of methoxy groups -OCH3 is 2. The highest BCUT2D eigenvalue weighted by atomic mass is 35.5. The molecular formula is C15H15ClN2O3. The SMILES string of the molecule is COc1cc(C=NNc2cccc(Cl)c2)cc(OC)c1O. The Labute approximate surface area is 127 Å². The standard InChI is InChI=1S/C15H15ClN2O3/c1-20-13-6-10(7-14(21-2)15(13)19)9-17-18-12-5-3-4-11(16)8-12/h3-9,18-19H,1-2H3. The van der Waals surface area contributed by atoms with E-state index in [1.165, 1.54) is 14.2 Å². The Balaban J connectivity index is 2.17. The van der Waals surface area contributed by atoms with E-state index in [4.69, 9.17) is 21.1 Å². The van der Waals surface area contributed by atoms with Crippen molar-refractivity contribution in [1.82, 2.24) is 0 Å². The van der Waals surface area contributed by atoms with Crippen LogP contribution in [-0.2, 0) is 0 Å². The number of nitrogens with zero attached hydrogens (tertiary/aromatic N) is 1. The second-order valence-corrected chi connectivity index (χ2v) is 4.59. The van der Waals surface area contributed by atoms with Gasteiger partial charge in [-0.3, -0.25) is 5.43 Å². The molecule has 2 N–H and O–H groups in total. The summed E-state index contributed by atoms with van der Waals surface area (Å²) in [5, 5.41) is 14.6. The van der Waals surface area contributed by atoms with Gasteiger partial charge in [0.2, 0.25) is 5.75 Å². The van der Waals surface area contributed by atoms with Crippen LogP contribution in [0.1, 0.15) is 5.56 Å². The number of ether oxygens (including phenoxy) is 2. The molecule has 0 heterocycles. The molecule has 0 radical (unpaired) electrons. The van der Waals surface area contributed by atoms with Crippen LogP contribution in [0.15, 0.2) is 41.5 Å². The van der Waals surface area contributed by atoms with Crippen LogP contribution >= 0.6 is 11.6 Å². The fraction of sp³-hybridized carbons (Fsp3) is 0.133. The molecule has 0 aromatic heterocycles. The van der Waals surface area contributed by atoms with Crippen molar-refractivity contribution >= 4 is 23.5 Å². The second-order valence-electron chi connectivity index (χ2n) is 4.15. The van der Waals surface area contributed by atoms with Crippen LogP contribution in [0, 0.1) is 0 Å². The van der Waals surface area contributed by atoms with E-state index in [9.17, 15) is 5.11 Å². The van der Waals surface area contributed by atoms with Gasteiger partial charge >= 0.3 is 0 Å². The molecule has 0 fully saturated rings. The van der Waals surface area contributed by atoms with Crippen molar-refractivity contribution in [2.24, 2.45) is 5.10 Å². The molecule has 21 heavy (non-hydrogen) atoms. The largest absolute Gasteiger partial charge is 0.502 e. The van der Waals surface area contributed by atoms with Gasteiger partial charge in [0, 0.05) is 10.6 Å². The summed E-state index contributed by atoms with van der Waals surface area (Å²) in [5.74, 6) is 0.595. The number of nitrogens with one attached hydrogen (secondary N) is 1. The molecule has 0 aliphatic rings. The van der Waals surface area contributed by atoms with Gasteiger partial charge < -0.3 is 14.6 Å². The first-order valence-electron chi connectivity index (χ1n) is 6.13. The van der Waals surface area contributed by atoms with E-state index in [2.05, 4.69) is 10.5 Å². The molecule has 0 amide bonds. The monoisotopic (exact) mass is 306 g/mol. The Hall–Kier alpha value is -2.40. The predicted octanol–water partition coefficient (Wildman–Crippen LogP) is 3.51. The van der Waals surface area contributed by atoms with Crippen LogP contribution < -0.4 is 14.9 Å². The number of anilines is 1. The number of halogens is 1. The van der Waals surface area contributed by atoms with E-state index < -0.39 is 0 Å². The Morgan fingerprint density at radius 2 is 1.81 bits per heavy atom. The lowest BCUT2D eigenvalue weighted by molar-refractivity contribution is 0.340. The van der Waals surface area contributed by atoms with Gasteiger partial charge in [-0.15, -0.1) is 0 Å².